The Bertz CT molecular complexity index is 476. The summed E-state index contributed by atoms with van der Waals surface area (Å²) < 4.78 is 7.13. The zero-order chi connectivity index (χ0) is 14.9. The summed E-state index contributed by atoms with van der Waals surface area (Å²) in [4.78, 5) is 2.45. The van der Waals surface area contributed by atoms with Gasteiger partial charge in [-0.05, 0) is 58.5 Å². The highest BCUT2D eigenvalue weighted by molar-refractivity contribution is 9.10. The zero-order valence-electron chi connectivity index (χ0n) is 13.0. The van der Waals surface area contributed by atoms with Gasteiger partial charge in [-0.2, -0.15) is 0 Å². The summed E-state index contributed by atoms with van der Waals surface area (Å²) in [5.41, 5.74) is 2.52. The number of morpholine rings is 1. The molecule has 4 heteroatoms. The maximum absolute atomic E-state index is 6.01. The molecule has 0 bridgehead atoms. The number of nitrogens with one attached hydrogen (secondary N) is 1. The SMILES string of the molecule is CNC(C)c1cc(Br)ccc1N1CC(C)OC(C)(C)C1. The lowest BCUT2D eigenvalue weighted by atomic mass is 10.0. The largest absolute Gasteiger partial charge is 0.369 e. The fraction of sp³-hybridized carbons (Fsp3) is 0.625. The van der Waals surface area contributed by atoms with Gasteiger partial charge in [0, 0.05) is 29.3 Å². The molecule has 1 fully saturated rings. The van der Waals surface area contributed by atoms with E-state index >= 15 is 0 Å². The van der Waals surface area contributed by atoms with E-state index in [1.54, 1.807) is 0 Å². The Hall–Kier alpha value is -0.580. The molecule has 1 saturated heterocycles. The summed E-state index contributed by atoms with van der Waals surface area (Å²) in [5.74, 6) is 0. The second-order valence-corrected chi connectivity index (χ2v) is 7.20. The molecule has 1 N–H and O–H groups in total. The minimum atomic E-state index is -0.106. The van der Waals surface area contributed by atoms with Gasteiger partial charge in [0.05, 0.1) is 11.7 Å². The van der Waals surface area contributed by atoms with Gasteiger partial charge in [-0.1, -0.05) is 15.9 Å². The Balaban J connectivity index is 2.36. The molecule has 0 amide bonds. The Morgan fingerprint density at radius 3 is 2.75 bits per heavy atom. The van der Waals surface area contributed by atoms with Gasteiger partial charge in [0.15, 0.2) is 0 Å². The van der Waals surface area contributed by atoms with Crippen molar-refractivity contribution in [2.75, 3.05) is 25.0 Å². The maximum Gasteiger partial charge on any atom is 0.0805 e. The standard InChI is InChI=1S/C16H25BrN2O/c1-11-9-19(10-16(3,4)20-11)15-7-6-13(17)8-14(15)12(2)18-5/h6-8,11-12,18H,9-10H2,1-5H3. The molecular weight excluding hydrogens is 316 g/mol. The van der Waals surface area contributed by atoms with Crippen molar-refractivity contribution in [1.29, 1.82) is 0 Å². The van der Waals surface area contributed by atoms with Gasteiger partial charge in [0.25, 0.3) is 0 Å². The number of benzene rings is 1. The molecule has 2 atom stereocenters. The lowest BCUT2D eigenvalue weighted by Gasteiger charge is -2.43. The minimum Gasteiger partial charge on any atom is -0.369 e. The zero-order valence-corrected chi connectivity index (χ0v) is 14.6. The third kappa shape index (κ3) is 3.54. The summed E-state index contributed by atoms with van der Waals surface area (Å²) in [5, 5.41) is 3.34. The minimum absolute atomic E-state index is 0.106. The fourth-order valence-corrected chi connectivity index (χ4v) is 3.33. The molecule has 1 aliphatic heterocycles. The lowest BCUT2D eigenvalue weighted by molar-refractivity contribution is -0.0750. The third-order valence-electron chi connectivity index (χ3n) is 3.80. The van der Waals surface area contributed by atoms with Crippen LogP contribution in [0.15, 0.2) is 22.7 Å². The number of ether oxygens (including phenoxy) is 1. The van der Waals surface area contributed by atoms with Crippen molar-refractivity contribution in [2.24, 2.45) is 0 Å². The predicted molar refractivity (Wildman–Crippen MR) is 88.5 cm³/mol. The highest BCUT2D eigenvalue weighted by atomic mass is 79.9. The van der Waals surface area contributed by atoms with E-state index in [1.165, 1.54) is 11.3 Å². The van der Waals surface area contributed by atoms with Gasteiger partial charge in [0.1, 0.15) is 0 Å². The molecule has 2 unspecified atom stereocenters. The monoisotopic (exact) mass is 340 g/mol. The van der Waals surface area contributed by atoms with Crippen LogP contribution in [0, 0.1) is 0 Å². The second-order valence-electron chi connectivity index (χ2n) is 6.28. The molecule has 0 radical (unpaired) electrons. The Morgan fingerprint density at radius 1 is 1.45 bits per heavy atom. The van der Waals surface area contributed by atoms with E-state index < -0.39 is 0 Å². The molecule has 0 aromatic heterocycles. The van der Waals surface area contributed by atoms with Crippen LogP contribution in [0.2, 0.25) is 0 Å². The molecular formula is C16H25BrN2O. The average molecular weight is 341 g/mol. The van der Waals surface area contributed by atoms with Crippen LogP contribution in [0.25, 0.3) is 0 Å². The van der Waals surface area contributed by atoms with Crippen molar-refractivity contribution in [1.82, 2.24) is 5.32 Å². The molecule has 3 nitrogen and oxygen atoms in total. The van der Waals surface area contributed by atoms with Gasteiger partial charge in [-0.15, -0.1) is 0 Å². The quantitative estimate of drug-likeness (QED) is 0.907. The van der Waals surface area contributed by atoms with Crippen LogP contribution < -0.4 is 10.2 Å². The van der Waals surface area contributed by atoms with E-state index in [-0.39, 0.29) is 11.7 Å². The van der Waals surface area contributed by atoms with E-state index in [1.807, 2.05) is 7.05 Å². The maximum atomic E-state index is 6.01. The van der Waals surface area contributed by atoms with Gasteiger partial charge in [-0.25, -0.2) is 0 Å². The van der Waals surface area contributed by atoms with Crippen LogP contribution >= 0.6 is 15.9 Å². The number of halogens is 1. The predicted octanol–water partition coefficient (Wildman–Crippen LogP) is 3.73. The lowest BCUT2D eigenvalue weighted by Crippen LogP contribution is -2.52. The number of rotatable bonds is 3. The summed E-state index contributed by atoms with van der Waals surface area (Å²) in [7, 11) is 2.00. The normalized spacial score (nSPS) is 23.7. The van der Waals surface area contributed by atoms with Crippen molar-refractivity contribution in [3.8, 4) is 0 Å². The summed E-state index contributed by atoms with van der Waals surface area (Å²) in [6.07, 6.45) is 0.250. The average Bonchev–Trinajstić information content (AvgIpc) is 2.35. The number of nitrogens with zero attached hydrogens (tertiary/aromatic N) is 1. The van der Waals surface area contributed by atoms with E-state index in [4.69, 9.17) is 4.74 Å². The summed E-state index contributed by atoms with van der Waals surface area (Å²) >= 11 is 3.58. The number of hydrogen-bond acceptors (Lipinski definition) is 3. The van der Waals surface area contributed by atoms with Crippen molar-refractivity contribution < 1.29 is 4.74 Å². The summed E-state index contributed by atoms with van der Waals surface area (Å²) in [6, 6.07) is 6.86. The van der Waals surface area contributed by atoms with Crippen LogP contribution in [0.1, 0.15) is 39.3 Å². The van der Waals surface area contributed by atoms with Gasteiger partial charge >= 0.3 is 0 Å². The summed E-state index contributed by atoms with van der Waals surface area (Å²) in [6.45, 7) is 10.5. The molecule has 1 heterocycles. The molecule has 0 aliphatic carbocycles. The Kier molecular flexibility index (Phi) is 4.77. The molecule has 1 aromatic rings. The van der Waals surface area contributed by atoms with Gasteiger partial charge in [0.2, 0.25) is 0 Å². The first kappa shape index (κ1) is 15.8. The molecule has 0 saturated carbocycles. The fourth-order valence-electron chi connectivity index (χ4n) is 2.95. The smallest absolute Gasteiger partial charge is 0.0805 e. The highest BCUT2D eigenvalue weighted by Crippen LogP contribution is 2.33. The van der Waals surface area contributed by atoms with E-state index in [2.05, 4.69) is 72.0 Å². The van der Waals surface area contributed by atoms with E-state index in [0.29, 0.717) is 6.04 Å². The van der Waals surface area contributed by atoms with Crippen molar-refractivity contribution in [3.63, 3.8) is 0 Å². The van der Waals surface area contributed by atoms with Crippen LogP contribution in [0.3, 0.4) is 0 Å². The van der Waals surface area contributed by atoms with Gasteiger partial charge in [-0.3, -0.25) is 0 Å². The van der Waals surface area contributed by atoms with Crippen molar-refractivity contribution in [3.05, 3.63) is 28.2 Å². The first-order valence-corrected chi connectivity index (χ1v) is 8.01. The first-order valence-electron chi connectivity index (χ1n) is 7.22. The topological polar surface area (TPSA) is 24.5 Å². The Labute approximate surface area is 130 Å². The Morgan fingerprint density at radius 2 is 2.15 bits per heavy atom. The molecule has 1 aromatic carbocycles. The first-order chi connectivity index (χ1) is 9.32. The van der Waals surface area contributed by atoms with Crippen LogP contribution in [-0.4, -0.2) is 31.8 Å². The van der Waals surface area contributed by atoms with E-state index in [9.17, 15) is 0 Å². The van der Waals surface area contributed by atoms with Crippen molar-refractivity contribution >= 4 is 21.6 Å². The molecule has 112 valence electrons. The number of hydrogen-bond donors (Lipinski definition) is 1. The van der Waals surface area contributed by atoms with Crippen LogP contribution in [-0.2, 0) is 4.74 Å². The van der Waals surface area contributed by atoms with E-state index in [0.717, 1.165) is 17.6 Å². The molecule has 1 aliphatic rings. The highest BCUT2D eigenvalue weighted by Gasteiger charge is 2.32. The molecule has 0 spiro atoms. The number of anilines is 1. The van der Waals surface area contributed by atoms with Crippen molar-refractivity contribution in [2.45, 2.75) is 45.4 Å². The van der Waals surface area contributed by atoms with Crippen LogP contribution in [0.4, 0.5) is 5.69 Å². The molecule has 2 rings (SSSR count). The second kappa shape index (κ2) is 6.04. The third-order valence-corrected chi connectivity index (χ3v) is 4.29. The van der Waals surface area contributed by atoms with Gasteiger partial charge < -0.3 is 15.0 Å². The molecule has 20 heavy (non-hydrogen) atoms. The van der Waals surface area contributed by atoms with Crippen LogP contribution in [0.5, 0.6) is 0 Å².